The summed E-state index contributed by atoms with van der Waals surface area (Å²) in [5, 5.41) is 2.15. The van der Waals surface area contributed by atoms with Gasteiger partial charge >= 0.3 is 0 Å². The van der Waals surface area contributed by atoms with E-state index in [1.54, 1.807) is 0 Å². The van der Waals surface area contributed by atoms with Crippen molar-refractivity contribution in [1.29, 1.82) is 0 Å². The highest BCUT2D eigenvalue weighted by Gasteiger charge is 2.27. The molecule has 1 fully saturated rings. The summed E-state index contributed by atoms with van der Waals surface area (Å²) in [6, 6.07) is 11.1. The Balaban J connectivity index is 2.12. The molecule has 2 aromatic rings. The lowest BCUT2D eigenvalue weighted by Gasteiger charge is -2.21. The minimum atomic E-state index is -0.270. The third-order valence-corrected chi connectivity index (χ3v) is 4.50. The van der Waals surface area contributed by atoms with Gasteiger partial charge in [0.2, 0.25) is 0 Å². The smallest absolute Gasteiger partial charge is 0.0352 e. The first-order chi connectivity index (χ1) is 8.55. The van der Waals surface area contributed by atoms with Crippen LogP contribution in [-0.2, 0) is 5.54 Å². The lowest BCUT2D eigenvalue weighted by atomic mass is 9.90. The van der Waals surface area contributed by atoms with Gasteiger partial charge in [0.15, 0.2) is 0 Å². The molecule has 2 N–H and O–H groups in total. The van der Waals surface area contributed by atoms with Gasteiger partial charge in [-0.3, -0.25) is 0 Å². The normalized spacial score (nSPS) is 15.9. The van der Waals surface area contributed by atoms with Crippen molar-refractivity contribution in [3.63, 3.8) is 0 Å². The maximum Gasteiger partial charge on any atom is 0.0352 e. The Hall–Kier alpha value is -1.12. The zero-order valence-corrected chi connectivity index (χ0v) is 11.8. The van der Waals surface area contributed by atoms with Gasteiger partial charge in [-0.15, -0.1) is 11.3 Å². The molecule has 0 radical (unpaired) electrons. The Morgan fingerprint density at radius 1 is 1.22 bits per heavy atom. The van der Waals surface area contributed by atoms with Crippen LogP contribution < -0.4 is 5.73 Å². The molecule has 0 atom stereocenters. The molecule has 1 aliphatic rings. The van der Waals surface area contributed by atoms with Crippen LogP contribution in [0.4, 0.5) is 0 Å². The minimum absolute atomic E-state index is 0.270. The van der Waals surface area contributed by atoms with Crippen LogP contribution in [0.3, 0.4) is 0 Å². The van der Waals surface area contributed by atoms with Gasteiger partial charge < -0.3 is 5.73 Å². The molecule has 0 saturated heterocycles. The summed E-state index contributed by atoms with van der Waals surface area (Å²) in [6.07, 6.45) is 2.67. The second kappa shape index (κ2) is 4.22. The molecule has 1 nitrogen and oxygen atoms in total. The average molecular weight is 257 g/mol. The average Bonchev–Trinajstić information content (AvgIpc) is 3.02. The van der Waals surface area contributed by atoms with Crippen molar-refractivity contribution in [2.45, 2.75) is 38.1 Å². The third kappa shape index (κ3) is 2.23. The van der Waals surface area contributed by atoms with E-state index in [1.165, 1.54) is 34.4 Å². The summed E-state index contributed by atoms with van der Waals surface area (Å²) in [7, 11) is 0. The van der Waals surface area contributed by atoms with E-state index in [9.17, 15) is 0 Å². The molecule has 1 aromatic heterocycles. The molecule has 3 rings (SSSR count). The number of benzene rings is 1. The number of rotatable bonds is 3. The zero-order valence-electron chi connectivity index (χ0n) is 10.9. The first kappa shape index (κ1) is 11.9. The van der Waals surface area contributed by atoms with Crippen LogP contribution in [0.2, 0.25) is 0 Å². The van der Waals surface area contributed by atoms with E-state index in [2.05, 4.69) is 49.6 Å². The predicted molar refractivity (Wildman–Crippen MR) is 78.9 cm³/mol. The van der Waals surface area contributed by atoms with Crippen molar-refractivity contribution in [2.75, 3.05) is 0 Å². The molecule has 2 heteroatoms. The van der Waals surface area contributed by atoms with Crippen LogP contribution in [0.1, 0.15) is 43.7 Å². The van der Waals surface area contributed by atoms with Gasteiger partial charge in [0.1, 0.15) is 0 Å². The molecule has 0 amide bonds. The molecule has 18 heavy (non-hydrogen) atoms. The number of hydrogen-bond acceptors (Lipinski definition) is 2. The summed E-state index contributed by atoms with van der Waals surface area (Å²) in [6.45, 7) is 4.13. The fourth-order valence-corrected chi connectivity index (χ4v) is 3.12. The van der Waals surface area contributed by atoms with Crippen LogP contribution >= 0.6 is 11.3 Å². The second-order valence-corrected chi connectivity index (χ2v) is 6.72. The van der Waals surface area contributed by atoms with Crippen molar-refractivity contribution in [3.8, 4) is 10.4 Å². The van der Waals surface area contributed by atoms with Gasteiger partial charge in [-0.05, 0) is 66.8 Å². The monoisotopic (exact) mass is 257 g/mol. The van der Waals surface area contributed by atoms with Crippen molar-refractivity contribution in [1.82, 2.24) is 0 Å². The van der Waals surface area contributed by atoms with E-state index in [0.717, 1.165) is 5.92 Å². The van der Waals surface area contributed by atoms with Crippen molar-refractivity contribution in [3.05, 3.63) is 46.8 Å². The third-order valence-electron chi connectivity index (χ3n) is 3.60. The summed E-state index contributed by atoms with van der Waals surface area (Å²) < 4.78 is 0. The summed E-state index contributed by atoms with van der Waals surface area (Å²) in [5.74, 6) is 0.775. The van der Waals surface area contributed by atoms with Crippen molar-refractivity contribution < 1.29 is 0 Å². The summed E-state index contributed by atoms with van der Waals surface area (Å²) in [4.78, 5) is 1.36. The van der Waals surface area contributed by atoms with Crippen LogP contribution in [0, 0.1) is 0 Å². The van der Waals surface area contributed by atoms with Gasteiger partial charge in [0.05, 0.1) is 0 Å². The molecule has 94 valence electrons. The Morgan fingerprint density at radius 3 is 2.56 bits per heavy atom. The topological polar surface area (TPSA) is 26.0 Å². The minimum Gasteiger partial charge on any atom is -0.322 e. The van der Waals surface area contributed by atoms with Crippen LogP contribution in [0.5, 0.6) is 0 Å². The first-order valence-electron chi connectivity index (χ1n) is 6.53. The standard InChI is InChI=1S/C16H19NS/c1-16(2,17)12-7-8-13(11-5-6-11)14(10-12)15-4-3-9-18-15/h3-4,7-11H,5-6,17H2,1-2H3. The van der Waals surface area contributed by atoms with E-state index < -0.39 is 0 Å². The fraction of sp³-hybridized carbons (Fsp3) is 0.375. The Labute approximate surface area is 113 Å². The SMILES string of the molecule is CC(C)(N)c1ccc(C2CC2)c(-c2cccs2)c1. The molecule has 1 saturated carbocycles. The highest BCUT2D eigenvalue weighted by atomic mass is 32.1. The van der Waals surface area contributed by atoms with Gasteiger partial charge in [-0.1, -0.05) is 18.2 Å². The molecular weight excluding hydrogens is 238 g/mol. The molecule has 0 bridgehead atoms. The van der Waals surface area contributed by atoms with Gasteiger partial charge in [-0.2, -0.15) is 0 Å². The van der Waals surface area contributed by atoms with Gasteiger partial charge in [0.25, 0.3) is 0 Å². The Bertz CT molecular complexity index is 545. The molecule has 1 heterocycles. The molecule has 0 spiro atoms. The van der Waals surface area contributed by atoms with E-state index in [0.29, 0.717) is 0 Å². The zero-order chi connectivity index (χ0) is 12.8. The highest BCUT2D eigenvalue weighted by Crippen LogP contribution is 2.45. The maximum atomic E-state index is 6.22. The molecular formula is C16H19NS. The second-order valence-electron chi connectivity index (χ2n) is 5.78. The maximum absolute atomic E-state index is 6.22. The molecule has 1 aromatic carbocycles. The lowest BCUT2D eigenvalue weighted by molar-refractivity contribution is 0.554. The van der Waals surface area contributed by atoms with Gasteiger partial charge in [-0.25, -0.2) is 0 Å². The van der Waals surface area contributed by atoms with Crippen LogP contribution in [-0.4, -0.2) is 0 Å². The van der Waals surface area contributed by atoms with Crippen molar-refractivity contribution in [2.24, 2.45) is 5.73 Å². The van der Waals surface area contributed by atoms with Crippen LogP contribution in [0.25, 0.3) is 10.4 Å². The lowest BCUT2D eigenvalue weighted by Crippen LogP contribution is -2.28. The Kier molecular flexibility index (Phi) is 2.80. The molecule has 0 aliphatic heterocycles. The molecule has 0 unspecified atom stereocenters. The van der Waals surface area contributed by atoms with Gasteiger partial charge in [0, 0.05) is 10.4 Å². The van der Waals surface area contributed by atoms with Crippen molar-refractivity contribution >= 4 is 11.3 Å². The molecule has 1 aliphatic carbocycles. The van der Waals surface area contributed by atoms with E-state index in [-0.39, 0.29) is 5.54 Å². The predicted octanol–water partition coefficient (Wildman–Crippen LogP) is 4.49. The summed E-state index contributed by atoms with van der Waals surface area (Å²) in [5.41, 5.74) is 10.1. The largest absolute Gasteiger partial charge is 0.322 e. The number of hydrogen-bond donors (Lipinski definition) is 1. The first-order valence-corrected chi connectivity index (χ1v) is 7.41. The van der Waals surface area contributed by atoms with E-state index in [1.807, 2.05) is 11.3 Å². The Morgan fingerprint density at radius 2 is 2.00 bits per heavy atom. The quantitative estimate of drug-likeness (QED) is 0.861. The highest BCUT2D eigenvalue weighted by molar-refractivity contribution is 7.13. The fourth-order valence-electron chi connectivity index (χ4n) is 2.35. The van der Waals surface area contributed by atoms with E-state index >= 15 is 0 Å². The summed E-state index contributed by atoms with van der Waals surface area (Å²) >= 11 is 1.81. The number of nitrogens with two attached hydrogens (primary N) is 1. The van der Waals surface area contributed by atoms with E-state index in [4.69, 9.17) is 5.73 Å². The number of thiophene rings is 1. The van der Waals surface area contributed by atoms with Crippen LogP contribution in [0.15, 0.2) is 35.7 Å².